The summed E-state index contributed by atoms with van der Waals surface area (Å²) in [5.74, 6) is -11.6. The zero-order valence-corrected chi connectivity index (χ0v) is 45.7. The summed E-state index contributed by atoms with van der Waals surface area (Å²) in [5.41, 5.74) is 18.2. The number of carbonyl (C=O) groups excluding carboxylic acids is 10. The van der Waals surface area contributed by atoms with Crippen molar-refractivity contribution in [2.24, 2.45) is 29.0 Å². The van der Waals surface area contributed by atoms with E-state index in [1.807, 2.05) is 20.8 Å². The summed E-state index contributed by atoms with van der Waals surface area (Å²) < 4.78 is 0. The van der Waals surface area contributed by atoms with E-state index in [9.17, 15) is 68.1 Å². The fourth-order valence-electron chi connectivity index (χ4n) is 7.85. The van der Waals surface area contributed by atoms with Gasteiger partial charge < -0.3 is 85.4 Å². The van der Waals surface area contributed by atoms with Gasteiger partial charge in [-0.15, -0.1) is 0 Å². The van der Waals surface area contributed by atoms with E-state index < -0.39 is 151 Å². The number of aromatic nitrogens is 2. The molecule has 10 amide bonds. The van der Waals surface area contributed by atoms with Gasteiger partial charge in [0.05, 0.1) is 38.0 Å². The van der Waals surface area contributed by atoms with Crippen LogP contribution in [0.2, 0.25) is 0 Å². The number of aliphatic hydroxyl groups excluding tert-OH is 2. The second-order valence-electron chi connectivity index (χ2n) is 19.9. The summed E-state index contributed by atoms with van der Waals surface area (Å²) in [5, 5.41) is 52.6. The van der Waals surface area contributed by atoms with Crippen LogP contribution in [0.15, 0.2) is 42.9 Å². The quantitative estimate of drug-likeness (QED) is 0.0286. The minimum absolute atomic E-state index is 0.0292. The van der Waals surface area contributed by atoms with Gasteiger partial charge in [0.15, 0.2) is 0 Å². The third-order valence-electron chi connectivity index (χ3n) is 12.3. The van der Waals surface area contributed by atoms with Crippen LogP contribution in [0.4, 0.5) is 0 Å². The molecular weight excluding hydrogens is 1030 g/mol. The molecule has 79 heavy (non-hydrogen) atoms. The molecular formula is C51H82N14O14. The Morgan fingerprint density at radius 1 is 0.633 bits per heavy atom. The number of aliphatic carboxylic acids is 1. The Hall–Kier alpha value is -7.56. The van der Waals surface area contributed by atoms with Crippen LogP contribution in [0.25, 0.3) is 0 Å². The summed E-state index contributed by atoms with van der Waals surface area (Å²) >= 11 is 0. The van der Waals surface area contributed by atoms with E-state index in [0.717, 1.165) is 13.3 Å². The Morgan fingerprint density at radius 2 is 1.19 bits per heavy atom. The zero-order valence-electron chi connectivity index (χ0n) is 45.7. The van der Waals surface area contributed by atoms with E-state index in [2.05, 4.69) is 57.8 Å². The van der Waals surface area contributed by atoms with Crippen LogP contribution >= 0.6 is 0 Å². The molecule has 0 saturated heterocycles. The zero-order chi connectivity index (χ0) is 59.4. The van der Waals surface area contributed by atoms with Gasteiger partial charge in [0.1, 0.15) is 48.3 Å². The maximum absolute atomic E-state index is 14.1. The van der Waals surface area contributed by atoms with Crippen LogP contribution < -0.4 is 65.1 Å². The fourth-order valence-corrected chi connectivity index (χ4v) is 7.85. The number of unbranched alkanes of at least 4 members (excludes halogenated alkanes) is 2. The molecule has 0 saturated carbocycles. The van der Waals surface area contributed by atoms with Gasteiger partial charge in [0, 0.05) is 24.7 Å². The van der Waals surface area contributed by atoms with E-state index in [4.69, 9.17) is 17.2 Å². The summed E-state index contributed by atoms with van der Waals surface area (Å²) in [6, 6.07) is -4.74. The van der Waals surface area contributed by atoms with Crippen LogP contribution in [0.1, 0.15) is 104 Å². The molecule has 19 N–H and O–H groups in total. The number of hydrogen-bond acceptors (Lipinski definition) is 16. The minimum atomic E-state index is -2.00. The standard InChI is InChI=1S/C51H82N14O14/c1-7-8-16-33(43(54)71)59-46(74)35(19-27(2)3)58-39(68)24-56-50(78)41(28(4)5)64-48(76)36(20-30-14-10-9-11-15-30)61-49(77)38(25-66)63-47(75)37(22-40(69)70)62-51(79)42(29(6)67)65-45(73)34(17-12-13-18-52)60-44(72)32(53)21-31-23-55-26-57-31/h9-11,14-15,23,26-29,32-38,41-42,66-67H,7-8,12-13,16-22,24-25,52-53H2,1-6H3,(H2,54,71)(H,55,57)(H,56,78)(H,58,68)(H,59,74)(H,60,72)(H,61,77)(H,62,79)(H,63,75)(H,64,76)(H,65,73)(H,69,70)/t29?,32-,33-,34-,35-,36-,37-,38-,41-,42-/m0/s1. The van der Waals surface area contributed by atoms with Crippen molar-refractivity contribution in [2.45, 2.75) is 166 Å². The molecule has 1 unspecified atom stereocenters. The van der Waals surface area contributed by atoms with Gasteiger partial charge in [0.25, 0.3) is 0 Å². The van der Waals surface area contributed by atoms with E-state index in [0.29, 0.717) is 36.9 Å². The first-order chi connectivity index (χ1) is 37.3. The van der Waals surface area contributed by atoms with Crippen molar-refractivity contribution >= 4 is 65.0 Å². The molecule has 0 aliphatic rings. The second-order valence-corrected chi connectivity index (χ2v) is 19.9. The van der Waals surface area contributed by atoms with Crippen molar-refractivity contribution in [3.8, 4) is 0 Å². The number of carboxylic acids is 1. The van der Waals surface area contributed by atoms with Crippen LogP contribution in [0.3, 0.4) is 0 Å². The minimum Gasteiger partial charge on any atom is -0.481 e. The van der Waals surface area contributed by atoms with Crippen LogP contribution in [-0.4, -0.2) is 171 Å². The second kappa shape index (κ2) is 35.1. The Labute approximate surface area is 458 Å². The molecule has 0 bridgehead atoms. The summed E-state index contributed by atoms with van der Waals surface area (Å²) in [6.07, 6.45) is 2.59. The largest absolute Gasteiger partial charge is 0.481 e. The number of hydrogen-bond donors (Lipinski definition) is 16. The van der Waals surface area contributed by atoms with Gasteiger partial charge in [-0.1, -0.05) is 77.8 Å². The highest BCUT2D eigenvalue weighted by molar-refractivity contribution is 5.99. The van der Waals surface area contributed by atoms with E-state index >= 15 is 0 Å². The lowest BCUT2D eigenvalue weighted by molar-refractivity contribution is -0.142. The highest BCUT2D eigenvalue weighted by atomic mass is 16.4. The Kier molecular flexibility index (Phi) is 30.0. The number of primary amides is 1. The van der Waals surface area contributed by atoms with Crippen LogP contribution in [-0.2, 0) is 65.6 Å². The highest BCUT2D eigenvalue weighted by Crippen LogP contribution is 2.11. The third-order valence-corrected chi connectivity index (χ3v) is 12.3. The SMILES string of the molecule is CCCC[C@H](NC(=O)[C@H](CC(C)C)NC(=O)CNC(=O)[C@@H](NC(=O)[C@H](Cc1ccccc1)NC(=O)[C@H](CO)NC(=O)[C@H](CC(=O)O)NC(=O)[C@@H](NC(=O)[C@H](CCCCN)NC(=O)[C@@H](N)Cc1cnc[nH]1)C(C)O)C(C)C)C(N)=O. The van der Waals surface area contributed by atoms with Crippen molar-refractivity contribution in [2.75, 3.05) is 19.7 Å². The monoisotopic (exact) mass is 1110 g/mol. The van der Waals surface area contributed by atoms with Crippen molar-refractivity contribution in [1.29, 1.82) is 0 Å². The molecule has 28 heteroatoms. The van der Waals surface area contributed by atoms with Gasteiger partial charge in [-0.25, -0.2) is 4.98 Å². The van der Waals surface area contributed by atoms with Crippen molar-refractivity contribution < 1.29 is 68.1 Å². The number of rotatable bonds is 37. The molecule has 0 fully saturated rings. The Bertz CT molecular complexity index is 2320. The molecule has 2 aromatic rings. The maximum Gasteiger partial charge on any atom is 0.305 e. The molecule has 0 radical (unpaired) electrons. The number of carboxylic acid groups (broad SMARTS) is 1. The first kappa shape index (κ1) is 67.5. The molecule has 1 heterocycles. The lowest BCUT2D eigenvalue weighted by Crippen LogP contribution is -2.62. The number of aromatic amines is 1. The average molecular weight is 1120 g/mol. The van der Waals surface area contributed by atoms with E-state index in [-0.39, 0.29) is 38.1 Å². The molecule has 1 aromatic carbocycles. The Morgan fingerprint density at radius 3 is 1.75 bits per heavy atom. The molecule has 440 valence electrons. The molecule has 10 atom stereocenters. The number of benzene rings is 1. The topological polar surface area (TPSA) is 463 Å². The van der Waals surface area contributed by atoms with Gasteiger partial charge in [-0.2, -0.15) is 0 Å². The van der Waals surface area contributed by atoms with Gasteiger partial charge in [-0.05, 0) is 63.0 Å². The van der Waals surface area contributed by atoms with Crippen molar-refractivity contribution in [3.63, 3.8) is 0 Å². The lowest BCUT2D eigenvalue weighted by Gasteiger charge is -2.28. The molecule has 0 spiro atoms. The van der Waals surface area contributed by atoms with Crippen LogP contribution in [0.5, 0.6) is 0 Å². The van der Waals surface area contributed by atoms with Gasteiger partial charge >= 0.3 is 5.97 Å². The van der Waals surface area contributed by atoms with Gasteiger partial charge in [-0.3, -0.25) is 52.7 Å². The number of carbonyl (C=O) groups is 11. The summed E-state index contributed by atoms with van der Waals surface area (Å²) in [6.45, 7) is 8.36. The third kappa shape index (κ3) is 24.8. The van der Waals surface area contributed by atoms with Crippen molar-refractivity contribution in [1.82, 2.24) is 57.8 Å². The van der Waals surface area contributed by atoms with E-state index in [1.54, 1.807) is 44.2 Å². The molecule has 2 rings (SSSR count). The average Bonchev–Trinajstić information content (AvgIpc) is 3.90. The first-order valence-corrected chi connectivity index (χ1v) is 26.3. The lowest BCUT2D eigenvalue weighted by atomic mass is 10.0. The first-order valence-electron chi connectivity index (χ1n) is 26.3. The van der Waals surface area contributed by atoms with Crippen molar-refractivity contribution in [3.05, 3.63) is 54.1 Å². The molecule has 28 nitrogen and oxygen atoms in total. The number of nitrogens with two attached hydrogens (primary N) is 3. The highest BCUT2D eigenvalue weighted by Gasteiger charge is 2.36. The molecule has 1 aromatic heterocycles. The maximum atomic E-state index is 14.1. The van der Waals surface area contributed by atoms with Crippen LogP contribution in [0, 0.1) is 11.8 Å². The van der Waals surface area contributed by atoms with E-state index in [1.165, 1.54) is 12.5 Å². The number of aliphatic hydroxyl groups is 2. The number of H-pyrrole nitrogens is 1. The number of nitrogens with one attached hydrogen (secondary N) is 10. The number of amides is 10. The predicted molar refractivity (Wildman–Crippen MR) is 286 cm³/mol. The summed E-state index contributed by atoms with van der Waals surface area (Å²) in [7, 11) is 0. The normalized spacial score (nSPS) is 15.0. The van der Waals surface area contributed by atoms with Gasteiger partial charge in [0.2, 0.25) is 59.1 Å². The summed E-state index contributed by atoms with van der Waals surface area (Å²) in [4.78, 5) is 153. The predicted octanol–water partition coefficient (Wildman–Crippen LogP) is -4.13. The smallest absolute Gasteiger partial charge is 0.305 e. The molecule has 0 aliphatic carbocycles. The number of nitrogens with zero attached hydrogens (tertiary/aromatic N) is 1. The fraction of sp³-hybridized carbons (Fsp3) is 0.608. The Balaban J connectivity index is 2.27. The number of imidazole rings is 1. The molecule has 0 aliphatic heterocycles.